The highest BCUT2D eigenvalue weighted by Gasteiger charge is 2.16. The van der Waals surface area contributed by atoms with E-state index in [1.54, 1.807) is 4.52 Å². The molecular weight excluding hydrogens is 294 g/mol. The van der Waals surface area contributed by atoms with Gasteiger partial charge in [-0.1, -0.05) is 30.3 Å². The first kappa shape index (κ1) is 14.1. The highest BCUT2D eigenvalue weighted by atomic mass is 16.6. The van der Waals surface area contributed by atoms with Gasteiger partial charge < -0.3 is 4.74 Å². The number of nitrogens with one attached hydrogen (secondary N) is 1. The molecule has 1 saturated heterocycles. The first-order valence-electron chi connectivity index (χ1n) is 7.63. The molecule has 0 spiro atoms. The van der Waals surface area contributed by atoms with E-state index >= 15 is 0 Å². The lowest BCUT2D eigenvalue weighted by Gasteiger charge is -2.09. The predicted molar refractivity (Wildman–Crippen MR) is 84.7 cm³/mol. The largest absolute Gasteiger partial charge is 0.381 e. The quantitative estimate of drug-likeness (QED) is 0.728. The van der Waals surface area contributed by atoms with Crippen molar-refractivity contribution in [3.8, 4) is 11.4 Å². The van der Waals surface area contributed by atoms with Gasteiger partial charge in [0, 0.05) is 18.1 Å². The number of benzene rings is 1. The van der Waals surface area contributed by atoms with E-state index in [0.29, 0.717) is 29.8 Å². The zero-order valence-electron chi connectivity index (χ0n) is 12.6. The van der Waals surface area contributed by atoms with Crippen LogP contribution in [0.25, 0.3) is 17.0 Å². The summed E-state index contributed by atoms with van der Waals surface area (Å²) in [6, 6.07) is 13.5. The minimum absolute atomic E-state index is 0.445. The molecule has 0 aliphatic carbocycles. The van der Waals surface area contributed by atoms with Crippen LogP contribution in [0.15, 0.2) is 42.5 Å². The van der Waals surface area contributed by atoms with Gasteiger partial charge in [-0.15, -0.1) is 15.3 Å². The van der Waals surface area contributed by atoms with Gasteiger partial charge in [0.25, 0.3) is 0 Å². The number of anilines is 1. The Morgan fingerprint density at radius 1 is 1.17 bits per heavy atom. The average molecular weight is 311 g/mol. The highest BCUT2D eigenvalue weighted by Crippen LogP contribution is 2.18. The standard InChI is InChI=1S/C16H17N5O2/c1-2-4-13(5-3-1)16-18-17-15-7-6-14(19-21(15)16)20-23-11-12-8-9-22-10-12/h1-7,12H,8-11H2,(H,19,20). The van der Waals surface area contributed by atoms with Crippen LogP contribution in [0.3, 0.4) is 0 Å². The maximum Gasteiger partial charge on any atom is 0.185 e. The van der Waals surface area contributed by atoms with Crippen molar-refractivity contribution in [3.05, 3.63) is 42.5 Å². The van der Waals surface area contributed by atoms with Gasteiger partial charge in [0.2, 0.25) is 0 Å². The van der Waals surface area contributed by atoms with Gasteiger partial charge in [-0.05, 0) is 18.6 Å². The van der Waals surface area contributed by atoms with Crippen molar-refractivity contribution in [2.75, 3.05) is 25.3 Å². The number of ether oxygens (including phenoxy) is 1. The summed E-state index contributed by atoms with van der Waals surface area (Å²) in [5.41, 5.74) is 4.55. The summed E-state index contributed by atoms with van der Waals surface area (Å²) in [5.74, 6) is 1.77. The smallest absolute Gasteiger partial charge is 0.185 e. The van der Waals surface area contributed by atoms with Crippen LogP contribution < -0.4 is 5.48 Å². The van der Waals surface area contributed by atoms with Crippen molar-refractivity contribution in [3.63, 3.8) is 0 Å². The topological polar surface area (TPSA) is 73.6 Å². The van der Waals surface area contributed by atoms with Crippen LogP contribution in [0, 0.1) is 5.92 Å². The Kier molecular flexibility index (Phi) is 3.87. The van der Waals surface area contributed by atoms with Crippen LogP contribution in [-0.4, -0.2) is 39.6 Å². The van der Waals surface area contributed by atoms with Crippen LogP contribution in [0.4, 0.5) is 5.82 Å². The lowest BCUT2D eigenvalue weighted by molar-refractivity contribution is 0.126. The van der Waals surface area contributed by atoms with Gasteiger partial charge in [0.1, 0.15) is 0 Å². The molecule has 3 heterocycles. The van der Waals surface area contributed by atoms with E-state index in [1.165, 1.54) is 0 Å². The summed E-state index contributed by atoms with van der Waals surface area (Å²) in [5, 5.41) is 12.9. The third kappa shape index (κ3) is 3.01. The number of hydrogen-bond acceptors (Lipinski definition) is 6. The maximum absolute atomic E-state index is 5.53. The van der Waals surface area contributed by atoms with Gasteiger partial charge in [-0.3, -0.25) is 4.84 Å². The minimum atomic E-state index is 0.445. The SMILES string of the molecule is c1ccc(-c2nnc3ccc(NOCC4CCOC4)nn23)cc1. The monoisotopic (exact) mass is 311 g/mol. The zero-order chi connectivity index (χ0) is 15.5. The van der Waals surface area contributed by atoms with Crippen LogP contribution in [0.1, 0.15) is 6.42 Å². The van der Waals surface area contributed by atoms with E-state index in [-0.39, 0.29) is 0 Å². The van der Waals surface area contributed by atoms with E-state index < -0.39 is 0 Å². The van der Waals surface area contributed by atoms with Crippen molar-refractivity contribution in [1.82, 2.24) is 19.8 Å². The van der Waals surface area contributed by atoms with E-state index in [0.717, 1.165) is 25.2 Å². The van der Waals surface area contributed by atoms with E-state index in [2.05, 4.69) is 20.8 Å². The molecule has 23 heavy (non-hydrogen) atoms. The van der Waals surface area contributed by atoms with Crippen LogP contribution in [0.2, 0.25) is 0 Å². The molecule has 1 N–H and O–H groups in total. The molecule has 1 fully saturated rings. The second kappa shape index (κ2) is 6.31. The lowest BCUT2D eigenvalue weighted by Crippen LogP contribution is -2.14. The molecule has 0 bridgehead atoms. The second-order valence-electron chi connectivity index (χ2n) is 5.52. The average Bonchev–Trinajstić information content (AvgIpc) is 3.25. The van der Waals surface area contributed by atoms with Crippen molar-refractivity contribution < 1.29 is 9.57 Å². The number of fused-ring (bicyclic) bond motifs is 1. The van der Waals surface area contributed by atoms with Crippen molar-refractivity contribution in [1.29, 1.82) is 0 Å². The maximum atomic E-state index is 5.53. The van der Waals surface area contributed by atoms with Gasteiger partial charge in [-0.2, -0.15) is 4.52 Å². The van der Waals surface area contributed by atoms with Crippen LogP contribution in [0.5, 0.6) is 0 Å². The molecule has 118 valence electrons. The fourth-order valence-corrected chi connectivity index (χ4v) is 2.56. The first-order chi connectivity index (χ1) is 11.4. The molecule has 0 amide bonds. The molecule has 4 rings (SSSR count). The molecule has 1 atom stereocenters. The lowest BCUT2D eigenvalue weighted by atomic mass is 10.1. The number of rotatable bonds is 5. The molecule has 7 heteroatoms. The summed E-state index contributed by atoms with van der Waals surface area (Å²) >= 11 is 0. The molecular formula is C16H17N5O2. The summed E-state index contributed by atoms with van der Waals surface area (Å²) in [6.07, 6.45) is 1.04. The van der Waals surface area contributed by atoms with Crippen molar-refractivity contribution in [2.24, 2.45) is 5.92 Å². The first-order valence-corrected chi connectivity index (χ1v) is 7.63. The Labute approximate surface area is 133 Å². The van der Waals surface area contributed by atoms with Crippen LogP contribution >= 0.6 is 0 Å². The normalized spacial score (nSPS) is 17.7. The number of hydrogen-bond donors (Lipinski definition) is 1. The Balaban J connectivity index is 1.52. The molecule has 3 aromatic rings. The summed E-state index contributed by atoms with van der Waals surface area (Å²) < 4.78 is 7.04. The van der Waals surface area contributed by atoms with Crippen molar-refractivity contribution in [2.45, 2.75) is 6.42 Å². The number of nitrogens with zero attached hydrogens (tertiary/aromatic N) is 4. The van der Waals surface area contributed by atoms with E-state index in [4.69, 9.17) is 9.57 Å². The molecule has 2 aromatic heterocycles. The minimum Gasteiger partial charge on any atom is -0.381 e. The number of aromatic nitrogens is 4. The molecule has 0 saturated carbocycles. The molecule has 1 unspecified atom stereocenters. The van der Waals surface area contributed by atoms with Gasteiger partial charge in [0.15, 0.2) is 17.3 Å². The summed E-state index contributed by atoms with van der Waals surface area (Å²) in [4.78, 5) is 5.53. The molecule has 1 aliphatic rings. The predicted octanol–water partition coefficient (Wildman–Crippen LogP) is 2.17. The second-order valence-corrected chi connectivity index (χ2v) is 5.52. The molecule has 1 aromatic carbocycles. The molecule has 0 radical (unpaired) electrons. The van der Waals surface area contributed by atoms with Crippen LogP contribution in [-0.2, 0) is 9.57 Å². The summed E-state index contributed by atoms with van der Waals surface area (Å²) in [7, 11) is 0. The summed E-state index contributed by atoms with van der Waals surface area (Å²) in [6.45, 7) is 2.19. The highest BCUT2D eigenvalue weighted by molar-refractivity contribution is 5.59. The van der Waals surface area contributed by atoms with Gasteiger partial charge in [-0.25, -0.2) is 5.48 Å². The Morgan fingerprint density at radius 3 is 2.91 bits per heavy atom. The fraction of sp³-hybridized carbons (Fsp3) is 0.312. The zero-order valence-corrected chi connectivity index (χ0v) is 12.6. The fourth-order valence-electron chi connectivity index (χ4n) is 2.56. The van der Waals surface area contributed by atoms with Gasteiger partial charge in [0.05, 0.1) is 13.2 Å². The molecule has 7 nitrogen and oxygen atoms in total. The Hall–Kier alpha value is -2.51. The van der Waals surface area contributed by atoms with E-state index in [9.17, 15) is 0 Å². The third-order valence-electron chi connectivity index (χ3n) is 3.81. The third-order valence-corrected chi connectivity index (χ3v) is 3.81. The van der Waals surface area contributed by atoms with E-state index in [1.807, 2.05) is 42.5 Å². The Bertz CT molecular complexity index is 784. The van der Waals surface area contributed by atoms with Crippen molar-refractivity contribution >= 4 is 11.5 Å². The van der Waals surface area contributed by atoms with Gasteiger partial charge >= 0.3 is 0 Å². The Morgan fingerprint density at radius 2 is 2.09 bits per heavy atom. The molecule has 1 aliphatic heterocycles.